The molecule has 0 aliphatic carbocycles. The molecule has 0 aliphatic rings. The van der Waals surface area contributed by atoms with Gasteiger partial charge in [0.05, 0.1) is 5.69 Å². The molecule has 0 aliphatic heterocycles. The third-order valence-electron chi connectivity index (χ3n) is 2.31. The zero-order valence-electron chi connectivity index (χ0n) is 8.38. The summed E-state index contributed by atoms with van der Waals surface area (Å²) in [7, 11) is 0. The van der Waals surface area contributed by atoms with E-state index in [0.29, 0.717) is 5.82 Å². The van der Waals surface area contributed by atoms with Crippen molar-refractivity contribution in [1.82, 2.24) is 19.7 Å². The van der Waals surface area contributed by atoms with Crippen molar-refractivity contribution in [2.24, 2.45) is 0 Å². The molecule has 0 radical (unpaired) electrons. The Balaban J connectivity index is 2.29. The van der Waals surface area contributed by atoms with Gasteiger partial charge in [-0.05, 0) is 30.0 Å². The summed E-state index contributed by atoms with van der Waals surface area (Å²) >= 11 is 7.40. The van der Waals surface area contributed by atoms with E-state index in [1.54, 1.807) is 28.3 Å². The average Bonchev–Trinajstić information content (AvgIpc) is 2.83. The number of hydrogen-bond acceptors (Lipinski definition) is 4. The molecule has 0 aromatic carbocycles. The summed E-state index contributed by atoms with van der Waals surface area (Å²) in [5.41, 5.74) is 0.992. The third-order valence-corrected chi connectivity index (χ3v) is 3.38. The molecule has 0 N–H and O–H groups in total. The Hall–Kier alpha value is -1.46. The SMILES string of the molecule is Cc1nn(-c2ccnc(Cl)n2)c2sccc12. The van der Waals surface area contributed by atoms with Crippen LogP contribution in [0, 0.1) is 6.92 Å². The molecule has 0 spiro atoms. The summed E-state index contributed by atoms with van der Waals surface area (Å²) < 4.78 is 1.79. The quantitative estimate of drug-likeness (QED) is 0.624. The molecular weight excluding hydrogens is 244 g/mol. The van der Waals surface area contributed by atoms with Crippen LogP contribution in [0.2, 0.25) is 5.28 Å². The first-order valence-corrected chi connectivity index (χ1v) is 5.93. The van der Waals surface area contributed by atoms with Gasteiger partial charge in [0.15, 0.2) is 5.82 Å². The van der Waals surface area contributed by atoms with Gasteiger partial charge < -0.3 is 0 Å². The smallest absolute Gasteiger partial charge is 0.224 e. The van der Waals surface area contributed by atoms with E-state index in [9.17, 15) is 0 Å². The first kappa shape index (κ1) is 9.74. The molecule has 0 fully saturated rings. The summed E-state index contributed by atoms with van der Waals surface area (Å²) in [6.45, 7) is 1.98. The maximum absolute atomic E-state index is 5.77. The second-order valence-electron chi connectivity index (χ2n) is 3.32. The molecule has 3 aromatic rings. The lowest BCUT2D eigenvalue weighted by Gasteiger charge is -1.99. The largest absolute Gasteiger partial charge is 0.226 e. The van der Waals surface area contributed by atoms with Crippen molar-refractivity contribution in [1.29, 1.82) is 0 Å². The van der Waals surface area contributed by atoms with E-state index in [2.05, 4.69) is 21.1 Å². The van der Waals surface area contributed by atoms with E-state index in [0.717, 1.165) is 15.9 Å². The zero-order chi connectivity index (χ0) is 11.1. The van der Waals surface area contributed by atoms with Gasteiger partial charge in [0, 0.05) is 17.6 Å². The maximum Gasteiger partial charge on any atom is 0.224 e. The van der Waals surface area contributed by atoms with Crippen LogP contribution in [0.25, 0.3) is 16.0 Å². The Labute approximate surface area is 101 Å². The van der Waals surface area contributed by atoms with Crippen molar-refractivity contribution >= 4 is 33.2 Å². The van der Waals surface area contributed by atoms with Crippen LogP contribution in [0.5, 0.6) is 0 Å². The number of halogens is 1. The monoisotopic (exact) mass is 250 g/mol. The average molecular weight is 251 g/mol. The minimum Gasteiger partial charge on any atom is -0.226 e. The van der Waals surface area contributed by atoms with Gasteiger partial charge in [-0.3, -0.25) is 0 Å². The van der Waals surface area contributed by atoms with Gasteiger partial charge in [-0.15, -0.1) is 11.3 Å². The summed E-state index contributed by atoms with van der Waals surface area (Å²) in [5.74, 6) is 0.695. The van der Waals surface area contributed by atoms with Crippen molar-refractivity contribution in [3.8, 4) is 5.82 Å². The lowest BCUT2D eigenvalue weighted by molar-refractivity contribution is 0.854. The fourth-order valence-corrected chi connectivity index (χ4v) is 2.64. The van der Waals surface area contributed by atoms with E-state index in [1.807, 2.05) is 12.3 Å². The highest BCUT2D eigenvalue weighted by Gasteiger charge is 2.10. The van der Waals surface area contributed by atoms with Gasteiger partial charge >= 0.3 is 0 Å². The molecule has 0 amide bonds. The van der Waals surface area contributed by atoms with E-state index >= 15 is 0 Å². The molecule has 3 rings (SSSR count). The molecule has 4 nitrogen and oxygen atoms in total. The lowest BCUT2D eigenvalue weighted by Crippen LogP contribution is -1.99. The number of nitrogens with zero attached hydrogens (tertiary/aromatic N) is 4. The predicted octanol–water partition coefficient (Wildman–Crippen LogP) is 2.84. The topological polar surface area (TPSA) is 43.6 Å². The van der Waals surface area contributed by atoms with Crippen LogP contribution in [0.15, 0.2) is 23.7 Å². The van der Waals surface area contributed by atoms with Gasteiger partial charge in [0.2, 0.25) is 5.28 Å². The summed E-state index contributed by atoms with van der Waals surface area (Å²) in [4.78, 5) is 9.08. The molecule has 6 heteroatoms. The van der Waals surface area contributed by atoms with Gasteiger partial charge in [-0.1, -0.05) is 0 Å². The van der Waals surface area contributed by atoms with Crippen LogP contribution >= 0.6 is 22.9 Å². The van der Waals surface area contributed by atoms with E-state index in [4.69, 9.17) is 11.6 Å². The summed E-state index contributed by atoms with van der Waals surface area (Å²) in [6, 6.07) is 3.85. The highest BCUT2D eigenvalue weighted by atomic mass is 35.5. The van der Waals surface area contributed by atoms with Gasteiger partial charge in [0.1, 0.15) is 4.83 Å². The van der Waals surface area contributed by atoms with Crippen molar-refractivity contribution in [3.63, 3.8) is 0 Å². The second-order valence-corrected chi connectivity index (χ2v) is 4.55. The Morgan fingerprint density at radius 2 is 2.25 bits per heavy atom. The van der Waals surface area contributed by atoms with Crippen LogP contribution in [0.3, 0.4) is 0 Å². The van der Waals surface area contributed by atoms with E-state index in [-0.39, 0.29) is 5.28 Å². The molecule has 3 heterocycles. The lowest BCUT2D eigenvalue weighted by atomic mass is 10.3. The molecule has 0 unspecified atom stereocenters. The molecule has 0 bridgehead atoms. The maximum atomic E-state index is 5.77. The summed E-state index contributed by atoms with van der Waals surface area (Å²) in [5, 5.41) is 7.86. The van der Waals surface area contributed by atoms with E-state index < -0.39 is 0 Å². The van der Waals surface area contributed by atoms with Crippen LogP contribution in [-0.2, 0) is 0 Å². The standard InChI is InChI=1S/C10H7ClN4S/c1-6-7-3-5-16-9(7)15(14-6)8-2-4-12-10(11)13-8/h2-5H,1H3. The molecule has 0 atom stereocenters. The molecular formula is C10H7ClN4S. The summed E-state index contributed by atoms with van der Waals surface area (Å²) in [6.07, 6.45) is 1.63. The highest BCUT2D eigenvalue weighted by molar-refractivity contribution is 7.16. The van der Waals surface area contributed by atoms with Crippen molar-refractivity contribution in [2.45, 2.75) is 6.92 Å². The minimum absolute atomic E-state index is 0.232. The molecule has 16 heavy (non-hydrogen) atoms. The third kappa shape index (κ3) is 1.40. The van der Waals surface area contributed by atoms with Crippen LogP contribution in [0.1, 0.15) is 5.69 Å². The Morgan fingerprint density at radius 1 is 1.38 bits per heavy atom. The number of aryl methyl sites for hydroxylation is 1. The molecule has 0 saturated carbocycles. The Kier molecular flexibility index (Phi) is 2.15. The minimum atomic E-state index is 0.232. The number of thiophene rings is 1. The Bertz CT molecular complexity index is 658. The van der Waals surface area contributed by atoms with Crippen molar-refractivity contribution in [2.75, 3.05) is 0 Å². The number of fused-ring (bicyclic) bond motifs is 1. The number of hydrogen-bond donors (Lipinski definition) is 0. The second kappa shape index (κ2) is 3.54. The fraction of sp³-hybridized carbons (Fsp3) is 0.100. The van der Waals surface area contributed by atoms with Gasteiger partial charge in [-0.2, -0.15) is 10.1 Å². The van der Waals surface area contributed by atoms with E-state index in [1.165, 1.54) is 0 Å². The fourth-order valence-electron chi connectivity index (χ4n) is 1.59. The van der Waals surface area contributed by atoms with Crippen molar-refractivity contribution < 1.29 is 0 Å². The highest BCUT2D eigenvalue weighted by Crippen LogP contribution is 2.25. The first-order chi connectivity index (χ1) is 7.75. The normalized spacial score (nSPS) is 11.1. The Morgan fingerprint density at radius 3 is 3.06 bits per heavy atom. The van der Waals surface area contributed by atoms with Crippen LogP contribution < -0.4 is 0 Å². The van der Waals surface area contributed by atoms with Gasteiger partial charge in [0.25, 0.3) is 0 Å². The molecule has 0 saturated heterocycles. The van der Waals surface area contributed by atoms with Crippen LogP contribution in [-0.4, -0.2) is 19.7 Å². The number of aromatic nitrogens is 4. The van der Waals surface area contributed by atoms with Crippen LogP contribution in [0.4, 0.5) is 0 Å². The van der Waals surface area contributed by atoms with Crippen molar-refractivity contribution in [3.05, 3.63) is 34.7 Å². The predicted molar refractivity (Wildman–Crippen MR) is 64.3 cm³/mol. The van der Waals surface area contributed by atoms with Gasteiger partial charge in [-0.25, -0.2) is 9.67 Å². The molecule has 80 valence electrons. The molecule has 3 aromatic heterocycles. The zero-order valence-corrected chi connectivity index (χ0v) is 9.96. The first-order valence-electron chi connectivity index (χ1n) is 4.67. The number of rotatable bonds is 1.